The van der Waals surface area contributed by atoms with E-state index in [1.54, 1.807) is 0 Å². The summed E-state index contributed by atoms with van der Waals surface area (Å²) in [6, 6.07) is 0. The highest BCUT2D eigenvalue weighted by molar-refractivity contribution is 9.10. The molecule has 2 unspecified atom stereocenters. The molecule has 1 aromatic heterocycles. The average molecular weight is 325 g/mol. The third-order valence-corrected chi connectivity index (χ3v) is 5.50. The molecule has 0 aliphatic heterocycles. The molecule has 2 fully saturated rings. The van der Waals surface area contributed by atoms with Crippen LogP contribution in [-0.4, -0.2) is 9.97 Å². The quantitative estimate of drug-likeness (QED) is 0.890. The highest BCUT2D eigenvalue weighted by Crippen LogP contribution is 2.39. The number of hydrogen-bond acceptors (Lipinski definition) is 2. The molecule has 19 heavy (non-hydrogen) atoms. The molecule has 2 aliphatic carbocycles. The first-order valence-electron chi connectivity index (χ1n) is 7.44. The van der Waals surface area contributed by atoms with Crippen LogP contribution in [0.3, 0.4) is 0 Å². The SMILES string of the molecule is CC1CCC(c2nc(C3CCCC3)c(Br)c(=O)[nH]2)C1. The second-order valence-electron chi connectivity index (χ2n) is 6.25. The van der Waals surface area contributed by atoms with Crippen LogP contribution >= 0.6 is 15.9 Å². The van der Waals surface area contributed by atoms with E-state index in [1.807, 2.05) is 0 Å². The third kappa shape index (κ3) is 2.64. The van der Waals surface area contributed by atoms with Gasteiger partial charge in [0, 0.05) is 11.8 Å². The van der Waals surface area contributed by atoms with E-state index in [0.29, 0.717) is 16.3 Å². The van der Waals surface area contributed by atoms with Crippen molar-refractivity contribution in [2.45, 2.75) is 63.7 Å². The van der Waals surface area contributed by atoms with Gasteiger partial charge in [0.1, 0.15) is 10.3 Å². The molecule has 1 N–H and O–H groups in total. The fraction of sp³-hybridized carbons (Fsp3) is 0.733. The summed E-state index contributed by atoms with van der Waals surface area (Å²) in [7, 11) is 0. The second kappa shape index (κ2) is 5.39. The predicted octanol–water partition coefficient (Wildman–Crippen LogP) is 4.09. The number of rotatable bonds is 2. The van der Waals surface area contributed by atoms with Gasteiger partial charge in [0.25, 0.3) is 5.56 Å². The van der Waals surface area contributed by atoms with E-state index < -0.39 is 0 Å². The van der Waals surface area contributed by atoms with E-state index in [9.17, 15) is 4.79 Å². The number of aromatic amines is 1. The van der Waals surface area contributed by atoms with E-state index in [-0.39, 0.29) is 5.56 Å². The summed E-state index contributed by atoms with van der Waals surface area (Å²) in [6.45, 7) is 2.29. The van der Waals surface area contributed by atoms with Gasteiger partial charge in [-0.05, 0) is 54.0 Å². The van der Waals surface area contributed by atoms with Gasteiger partial charge >= 0.3 is 0 Å². The summed E-state index contributed by atoms with van der Waals surface area (Å²) in [4.78, 5) is 19.9. The van der Waals surface area contributed by atoms with Gasteiger partial charge in [-0.2, -0.15) is 0 Å². The van der Waals surface area contributed by atoms with Crippen LogP contribution in [0, 0.1) is 5.92 Å². The van der Waals surface area contributed by atoms with Crippen LogP contribution in [0.1, 0.15) is 75.2 Å². The van der Waals surface area contributed by atoms with Crippen LogP contribution in [0.5, 0.6) is 0 Å². The summed E-state index contributed by atoms with van der Waals surface area (Å²) in [5, 5.41) is 0. The van der Waals surface area contributed by atoms with Crippen molar-refractivity contribution in [3.63, 3.8) is 0 Å². The molecule has 2 saturated carbocycles. The van der Waals surface area contributed by atoms with E-state index in [0.717, 1.165) is 30.3 Å². The Bertz CT molecular complexity index is 519. The van der Waals surface area contributed by atoms with Gasteiger partial charge in [-0.1, -0.05) is 19.8 Å². The lowest BCUT2D eigenvalue weighted by atomic mass is 10.0. The Balaban J connectivity index is 1.95. The molecule has 104 valence electrons. The van der Waals surface area contributed by atoms with Crippen LogP contribution in [-0.2, 0) is 0 Å². The van der Waals surface area contributed by atoms with Crippen LogP contribution in [0.15, 0.2) is 9.27 Å². The normalized spacial score (nSPS) is 28.1. The second-order valence-corrected chi connectivity index (χ2v) is 7.04. The third-order valence-electron chi connectivity index (χ3n) is 4.73. The number of hydrogen-bond donors (Lipinski definition) is 1. The van der Waals surface area contributed by atoms with E-state index in [2.05, 4.69) is 27.8 Å². The maximum absolute atomic E-state index is 12.1. The number of nitrogens with zero attached hydrogens (tertiary/aromatic N) is 1. The number of aromatic nitrogens is 2. The predicted molar refractivity (Wildman–Crippen MR) is 79.5 cm³/mol. The zero-order valence-corrected chi connectivity index (χ0v) is 13.0. The Morgan fingerprint density at radius 1 is 1.16 bits per heavy atom. The van der Waals surface area contributed by atoms with Gasteiger partial charge in [0.05, 0.1) is 5.69 Å². The van der Waals surface area contributed by atoms with E-state index >= 15 is 0 Å². The molecule has 1 heterocycles. The largest absolute Gasteiger partial charge is 0.309 e. The lowest BCUT2D eigenvalue weighted by molar-refractivity contribution is 0.577. The van der Waals surface area contributed by atoms with Gasteiger partial charge in [-0.25, -0.2) is 4.98 Å². The van der Waals surface area contributed by atoms with Gasteiger partial charge in [-0.15, -0.1) is 0 Å². The minimum atomic E-state index is 0.00598. The van der Waals surface area contributed by atoms with E-state index in [4.69, 9.17) is 4.98 Å². The molecule has 1 aromatic rings. The van der Waals surface area contributed by atoms with Crippen LogP contribution < -0.4 is 5.56 Å². The maximum Gasteiger partial charge on any atom is 0.265 e. The average Bonchev–Trinajstić information content (AvgIpc) is 3.03. The van der Waals surface area contributed by atoms with Crippen molar-refractivity contribution in [3.05, 3.63) is 26.3 Å². The van der Waals surface area contributed by atoms with Crippen molar-refractivity contribution < 1.29 is 0 Å². The molecule has 0 saturated heterocycles. The number of H-pyrrole nitrogens is 1. The number of halogens is 1. The standard InChI is InChI=1S/C15H21BrN2O/c1-9-6-7-11(8-9)14-17-13(10-4-2-3-5-10)12(16)15(19)18-14/h9-11H,2-8H2,1H3,(H,17,18,19). The molecule has 2 atom stereocenters. The van der Waals surface area contributed by atoms with Crippen LogP contribution in [0.4, 0.5) is 0 Å². The Morgan fingerprint density at radius 3 is 2.53 bits per heavy atom. The van der Waals surface area contributed by atoms with Gasteiger partial charge in [0.15, 0.2) is 0 Å². The van der Waals surface area contributed by atoms with Crippen molar-refractivity contribution in [3.8, 4) is 0 Å². The summed E-state index contributed by atoms with van der Waals surface area (Å²) in [5.41, 5.74) is 1.02. The van der Waals surface area contributed by atoms with Crippen LogP contribution in [0.25, 0.3) is 0 Å². The Kier molecular flexibility index (Phi) is 3.79. The van der Waals surface area contributed by atoms with E-state index in [1.165, 1.54) is 32.1 Å². The Hall–Kier alpha value is -0.640. The minimum absolute atomic E-state index is 0.00598. The first-order chi connectivity index (χ1) is 9.15. The fourth-order valence-electron chi connectivity index (χ4n) is 3.61. The molecule has 0 spiro atoms. The van der Waals surface area contributed by atoms with Crippen LogP contribution in [0.2, 0.25) is 0 Å². The first kappa shape index (κ1) is 13.3. The van der Waals surface area contributed by atoms with Crippen molar-refractivity contribution in [2.75, 3.05) is 0 Å². The van der Waals surface area contributed by atoms with Gasteiger partial charge in [-0.3, -0.25) is 4.79 Å². The zero-order valence-electron chi connectivity index (χ0n) is 11.4. The van der Waals surface area contributed by atoms with Crippen molar-refractivity contribution in [2.24, 2.45) is 5.92 Å². The molecule has 3 nitrogen and oxygen atoms in total. The molecule has 3 rings (SSSR count). The molecule has 0 bridgehead atoms. The maximum atomic E-state index is 12.1. The molecular formula is C15H21BrN2O. The number of nitrogens with one attached hydrogen (secondary N) is 1. The fourth-order valence-corrected chi connectivity index (χ4v) is 4.12. The molecule has 4 heteroatoms. The van der Waals surface area contributed by atoms with Crippen molar-refractivity contribution >= 4 is 15.9 Å². The highest BCUT2D eigenvalue weighted by Gasteiger charge is 2.28. The zero-order chi connectivity index (χ0) is 13.4. The molecule has 0 radical (unpaired) electrons. The van der Waals surface area contributed by atoms with Crippen molar-refractivity contribution in [1.82, 2.24) is 9.97 Å². The molecule has 0 amide bonds. The first-order valence-corrected chi connectivity index (χ1v) is 8.24. The van der Waals surface area contributed by atoms with Gasteiger partial charge in [0.2, 0.25) is 0 Å². The van der Waals surface area contributed by atoms with Crippen molar-refractivity contribution in [1.29, 1.82) is 0 Å². The molecule has 0 aromatic carbocycles. The summed E-state index contributed by atoms with van der Waals surface area (Å²) in [6.07, 6.45) is 8.46. The summed E-state index contributed by atoms with van der Waals surface area (Å²) < 4.78 is 0.661. The Morgan fingerprint density at radius 2 is 1.89 bits per heavy atom. The topological polar surface area (TPSA) is 45.8 Å². The summed E-state index contributed by atoms with van der Waals surface area (Å²) >= 11 is 3.44. The summed E-state index contributed by atoms with van der Waals surface area (Å²) in [5.74, 6) is 2.62. The lowest BCUT2D eigenvalue weighted by Gasteiger charge is -2.15. The molecule has 2 aliphatic rings. The monoisotopic (exact) mass is 324 g/mol. The smallest absolute Gasteiger partial charge is 0.265 e. The molecular weight excluding hydrogens is 304 g/mol. The minimum Gasteiger partial charge on any atom is -0.309 e. The Labute approximate surface area is 122 Å². The lowest BCUT2D eigenvalue weighted by Crippen LogP contribution is -2.18. The van der Waals surface area contributed by atoms with Gasteiger partial charge < -0.3 is 4.98 Å². The highest BCUT2D eigenvalue weighted by atomic mass is 79.9.